The second-order valence-electron chi connectivity index (χ2n) is 6.07. The topological polar surface area (TPSA) is 64.1 Å². The fraction of sp³-hybridized carbons (Fsp3) is 0.211. The number of hydrogen-bond acceptors (Lipinski definition) is 4. The van der Waals surface area contributed by atoms with Crippen LogP contribution in [0.25, 0.3) is 10.9 Å². The van der Waals surface area contributed by atoms with Gasteiger partial charge < -0.3 is 10.1 Å². The first kappa shape index (κ1) is 18.4. The van der Waals surface area contributed by atoms with Crippen LogP contribution in [0.15, 0.2) is 30.6 Å². The van der Waals surface area contributed by atoms with Gasteiger partial charge in [-0.3, -0.25) is 4.79 Å². The first-order valence-corrected chi connectivity index (χ1v) is 8.71. The van der Waals surface area contributed by atoms with E-state index in [0.717, 1.165) is 22.4 Å². The summed E-state index contributed by atoms with van der Waals surface area (Å²) in [4.78, 5) is 20.5. The molecule has 0 aliphatic carbocycles. The number of nitrogens with zero attached hydrogens (tertiary/aromatic N) is 2. The number of aromatic nitrogens is 2. The number of rotatable bonds is 4. The molecular formula is C19H17Cl2N3O2. The molecule has 7 heteroatoms. The van der Waals surface area contributed by atoms with E-state index in [-0.39, 0.29) is 18.4 Å². The Morgan fingerprint density at radius 1 is 1.08 bits per heavy atom. The van der Waals surface area contributed by atoms with Gasteiger partial charge in [0, 0.05) is 10.7 Å². The number of carbonyl (C=O) groups is 1. The Hall–Kier alpha value is -2.37. The van der Waals surface area contributed by atoms with Crippen LogP contribution in [0.4, 0.5) is 5.69 Å². The van der Waals surface area contributed by atoms with Crippen molar-refractivity contribution in [3.05, 3.63) is 57.3 Å². The molecule has 0 unspecified atom stereocenters. The van der Waals surface area contributed by atoms with E-state index in [0.29, 0.717) is 20.9 Å². The Morgan fingerprint density at radius 3 is 2.46 bits per heavy atom. The summed E-state index contributed by atoms with van der Waals surface area (Å²) in [5.41, 5.74) is 4.47. The number of halogens is 2. The van der Waals surface area contributed by atoms with Gasteiger partial charge in [0.1, 0.15) is 6.33 Å². The number of hydrogen-bond donors (Lipinski definition) is 1. The summed E-state index contributed by atoms with van der Waals surface area (Å²) < 4.78 is 5.59. The number of ether oxygens (including phenoxy) is 1. The Balaban J connectivity index is 1.78. The Labute approximate surface area is 161 Å². The van der Waals surface area contributed by atoms with Crippen molar-refractivity contribution in [3.63, 3.8) is 0 Å². The van der Waals surface area contributed by atoms with Crippen LogP contribution < -0.4 is 10.1 Å². The van der Waals surface area contributed by atoms with Crippen LogP contribution in [0.1, 0.15) is 16.7 Å². The molecule has 0 radical (unpaired) electrons. The quantitative estimate of drug-likeness (QED) is 0.690. The molecule has 1 N–H and O–H groups in total. The highest BCUT2D eigenvalue weighted by Crippen LogP contribution is 2.30. The smallest absolute Gasteiger partial charge is 0.262 e. The van der Waals surface area contributed by atoms with Crippen LogP contribution in [-0.4, -0.2) is 22.5 Å². The minimum Gasteiger partial charge on any atom is -0.467 e. The zero-order valence-electron chi connectivity index (χ0n) is 14.6. The first-order chi connectivity index (χ1) is 12.3. The van der Waals surface area contributed by atoms with Crippen molar-refractivity contribution in [1.29, 1.82) is 0 Å². The fourth-order valence-corrected chi connectivity index (χ4v) is 3.41. The van der Waals surface area contributed by atoms with E-state index >= 15 is 0 Å². The molecule has 2 aromatic carbocycles. The molecule has 1 aromatic heterocycles. The average molecular weight is 390 g/mol. The molecule has 1 heterocycles. The van der Waals surface area contributed by atoms with Crippen LogP contribution in [-0.2, 0) is 4.79 Å². The van der Waals surface area contributed by atoms with E-state index in [2.05, 4.69) is 15.3 Å². The lowest BCUT2D eigenvalue weighted by Crippen LogP contribution is -2.21. The molecule has 26 heavy (non-hydrogen) atoms. The lowest BCUT2D eigenvalue weighted by molar-refractivity contribution is -0.118. The molecule has 0 spiro atoms. The highest BCUT2D eigenvalue weighted by molar-refractivity contribution is 6.38. The van der Waals surface area contributed by atoms with Gasteiger partial charge in [0.2, 0.25) is 5.88 Å². The molecule has 134 valence electrons. The van der Waals surface area contributed by atoms with E-state index in [1.807, 2.05) is 32.9 Å². The number of aryl methyl sites for hydroxylation is 3. The molecule has 0 bridgehead atoms. The van der Waals surface area contributed by atoms with E-state index in [4.69, 9.17) is 27.9 Å². The number of fused-ring (bicyclic) bond motifs is 1. The molecule has 0 aliphatic heterocycles. The molecule has 1 amide bonds. The van der Waals surface area contributed by atoms with E-state index in [9.17, 15) is 4.79 Å². The van der Waals surface area contributed by atoms with Crippen molar-refractivity contribution in [2.24, 2.45) is 0 Å². The molecular weight excluding hydrogens is 373 g/mol. The maximum absolute atomic E-state index is 12.3. The monoisotopic (exact) mass is 389 g/mol. The van der Waals surface area contributed by atoms with Crippen molar-refractivity contribution in [2.75, 3.05) is 11.9 Å². The SMILES string of the molecule is Cc1cc(C)c(NC(=O)COc2ncnc3c(Cl)cc(Cl)cc23)c(C)c1. The summed E-state index contributed by atoms with van der Waals surface area (Å²) in [6.45, 7) is 5.74. The summed E-state index contributed by atoms with van der Waals surface area (Å²) in [6, 6.07) is 7.29. The van der Waals surface area contributed by atoms with Gasteiger partial charge in [0.25, 0.3) is 5.91 Å². The van der Waals surface area contributed by atoms with E-state index in [1.54, 1.807) is 12.1 Å². The second-order valence-corrected chi connectivity index (χ2v) is 6.92. The minimum atomic E-state index is -0.278. The summed E-state index contributed by atoms with van der Waals surface area (Å²) >= 11 is 12.2. The van der Waals surface area contributed by atoms with Crippen molar-refractivity contribution >= 4 is 45.7 Å². The summed E-state index contributed by atoms with van der Waals surface area (Å²) in [7, 11) is 0. The van der Waals surface area contributed by atoms with Gasteiger partial charge in [-0.15, -0.1) is 0 Å². The van der Waals surface area contributed by atoms with Crippen molar-refractivity contribution in [2.45, 2.75) is 20.8 Å². The molecule has 0 aliphatic rings. The minimum absolute atomic E-state index is 0.191. The van der Waals surface area contributed by atoms with Crippen molar-refractivity contribution in [3.8, 4) is 5.88 Å². The average Bonchev–Trinajstić information content (AvgIpc) is 2.56. The lowest BCUT2D eigenvalue weighted by atomic mass is 10.1. The first-order valence-electron chi connectivity index (χ1n) is 7.95. The van der Waals surface area contributed by atoms with Gasteiger partial charge in [0.15, 0.2) is 6.61 Å². The Bertz CT molecular complexity index is 982. The number of carbonyl (C=O) groups excluding carboxylic acids is 1. The third-order valence-corrected chi connectivity index (χ3v) is 4.41. The maximum Gasteiger partial charge on any atom is 0.262 e. The Kier molecular flexibility index (Phi) is 5.30. The summed E-state index contributed by atoms with van der Waals surface area (Å²) in [6.07, 6.45) is 1.34. The summed E-state index contributed by atoms with van der Waals surface area (Å²) in [5.74, 6) is -0.0214. The number of benzene rings is 2. The van der Waals surface area contributed by atoms with Gasteiger partial charge in [-0.25, -0.2) is 9.97 Å². The van der Waals surface area contributed by atoms with E-state index < -0.39 is 0 Å². The summed E-state index contributed by atoms with van der Waals surface area (Å²) in [5, 5.41) is 4.28. The third kappa shape index (κ3) is 3.89. The van der Waals surface area contributed by atoms with Crippen LogP contribution in [0.2, 0.25) is 10.0 Å². The number of anilines is 1. The normalized spacial score (nSPS) is 10.8. The number of amides is 1. The Morgan fingerprint density at radius 2 is 1.77 bits per heavy atom. The zero-order chi connectivity index (χ0) is 18.8. The predicted molar refractivity (Wildman–Crippen MR) is 104 cm³/mol. The fourth-order valence-electron chi connectivity index (χ4n) is 2.87. The largest absolute Gasteiger partial charge is 0.467 e. The highest BCUT2D eigenvalue weighted by atomic mass is 35.5. The van der Waals surface area contributed by atoms with Crippen LogP contribution >= 0.6 is 23.2 Å². The number of nitrogens with one attached hydrogen (secondary N) is 1. The molecule has 0 saturated carbocycles. The molecule has 0 atom stereocenters. The van der Waals surface area contributed by atoms with Crippen molar-refractivity contribution in [1.82, 2.24) is 9.97 Å². The molecule has 3 aromatic rings. The van der Waals surface area contributed by atoms with Crippen LogP contribution in [0, 0.1) is 20.8 Å². The lowest BCUT2D eigenvalue weighted by Gasteiger charge is -2.13. The van der Waals surface area contributed by atoms with Gasteiger partial charge in [-0.1, -0.05) is 40.9 Å². The van der Waals surface area contributed by atoms with Gasteiger partial charge in [-0.2, -0.15) is 0 Å². The maximum atomic E-state index is 12.3. The zero-order valence-corrected chi connectivity index (χ0v) is 16.1. The second kappa shape index (κ2) is 7.48. The molecule has 5 nitrogen and oxygen atoms in total. The van der Waals surface area contributed by atoms with Crippen molar-refractivity contribution < 1.29 is 9.53 Å². The van der Waals surface area contributed by atoms with Crippen LogP contribution in [0.3, 0.4) is 0 Å². The molecule has 0 saturated heterocycles. The predicted octanol–water partition coefficient (Wildman–Crippen LogP) is 4.88. The van der Waals surface area contributed by atoms with E-state index in [1.165, 1.54) is 6.33 Å². The van der Waals surface area contributed by atoms with Gasteiger partial charge >= 0.3 is 0 Å². The standard InChI is InChI=1S/C19H17Cl2N3O2/c1-10-4-11(2)17(12(3)5-10)24-16(25)8-26-19-14-6-13(20)7-15(21)18(14)22-9-23-19/h4-7,9H,8H2,1-3H3,(H,24,25). The van der Waals surface area contributed by atoms with Gasteiger partial charge in [-0.05, 0) is 44.0 Å². The molecule has 0 fully saturated rings. The van der Waals surface area contributed by atoms with Crippen LogP contribution in [0.5, 0.6) is 5.88 Å². The third-order valence-electron chi connectivity index (χ3n) is 3.90. The molecule has 3 rings (SSSR count). The highest BCUT2D eigenvalue weighted by Gasteiger charge is 2.13. The van der Waals surface area contributed by atoms with Gasteiger partial charge in [0.05, 0.1) is 15.9 Å².